The van der Waals surface area contributed by atoms with Crippen molar-refractivity contribution in [2.24, 2.45) is 10.8 Å². The largest absolute Gasteiger partial charge is 0.466 e. The number of carbonyl (C=O) groups is 4. The quantitative estimate of drug-likeness (QED) is 0.0958. The summed E-state index contributed by atoms with van der Waals surface area (Å²) in [7, 11) is 1.20. The molecule has 308 valence electrons. The summed E-state index contributed by atoms with van der Waals surface area (Å²) in [6.07, 6.45) is 0.440. The highest BCUT2D eigenvalue weighted by molar-refractivity contribution is 5.83. The summed E-state index contributed by atoms with van der Waals surface area (Å²) in [5.41, 5.74) is -1.66. The van der Waals surface area contributed by atoms with Gasteiger partial charge in [-0.15, -0.1) is 0 Å². The fourth-order valence-electron chi connectivity index (χ4n) is 6.79. The predicted molar refractivity (Wildman–Crippen MR) is 195 cm³/mol. The van der Waals surface area contributed by atoms with Gasteiger partial charge in [0.1, 0.15) is 12.2 Å². The van der Waals surface area contributed by atoms with Crippen LogP contribution in [0.4, 0.5) is 0 Å². The molecule has 0 spiro atoms. The molecule has 3 heterocycles. The molecule has 4 bridgehead atoms. The van der Waals surface area contributed by atoms with Crippen LogP contribution < -0.4 is 0 Å². The molecule has 3 rings (SSSR count). The van der Waals surface area contributed by atoms with Gasteiger partial charge in [-0.3, -0.25) is 14.4 Å². The number of aliphatic hydroxyl groups is 3. The van der Waals surface area contributed by atoms with E-state index < -0.39 is 96.2 Å². The zero-order chi connectivity index (χ0) is 40.3. The van der Waals surface area contributed by atoms with E-state index in [1.807, 2.05) is 20.8 Å². The maximum absolute atomic E-state index is 13.3. The Morgan fingerprint density at radius 2 is 1.69 bits per heavy atom. The summed E-state index contributed by atoms with van der Waals surface area (Å²) in [5.74, 6) is -5.21. The second kappa shape index (κ2) is 20.3. The zero-order valence-corrected chi connectivity index (χ0v) is 33.4. The van der Waals surface area contributed by atoms with E-state index in [9.17, 15) is 34.5 Å². The lowest BCUT2D eigenvalue weighted by atomic mass is 9.74. The van der Waals surface area contributed by atoms with Gasteiger partial charge in [-0.05, 0) is 43.3 Å². The summed E-state index contributed by atoms with van der Waals surface area (Å²) >= 11 is 0. The molecule has 0 aliphatic carbocycles. The number of carbonyl (C=O) groups excluding carboxylic acids is 4. The van der Waals surface area contributed by atoms with Gasteiger partial charge >= 0.3 is 23.9 Å². The summed E-state index contributed by atoms with van der Waals surface area (Å²) in [6.45, 7) is 12.9. The Labute approximate surface area is 319 Å². The predicted octanol–water partition coefficient (Wildman–Crippen LogP) is 4.74. The highest BCUT2D eigenvalue weighted by atomic mass is 16.7. The molecule has 14 nitrogen and oxygen atoms in total. The number of fused-ring (bicyclic) bond motifs is 4. The van der Waals surface area contributed by atoms with Crippen molar-refractivity contribution in [2.75, 3.05) is 13.7 Å². The highest BCUT2D eigenvalue weighted by Gasteiger charge is 2.57. The number of aliphatic hydroxyl groups excluding tert-OH is 2. The number of rotatable bonds is 9. The smallest absolute Gasteiger partial charge is 0.330 e. The standard InChI is InChI=1S/C40H64O14/c1-9-10-11-12-13-14-32(43)53-37-26(20-33(44)48-8)19-29-23-30(25(2)41)51-34(45)21-27(42)22-35(46)52-31(38(3,4)5)24-28-16-18-49-36(50-28)15-17-39(6,7)40(37,47)54-29/h15,17,20,25,27-31,36-37,41-42,47H,9-14,16,18-19,21-24H2,1-8H3/b17-15+,26-20+/t25-,27+,28+,29+,30?,31+,36+,37+,40-/m1/s1. The average Bonchev–Trinajstić information content (AvgIpc) is 3.07. The maximum atomic E-state index is 13.3. The monoisotopic (exact) mass is 768 g/mol. The third-order valence-corrected chi connectivity index (χ3v) is 10.2. The van der Waals surface area contributed by atoms with E-state index in [0.717, 1.165) is 31.8 Å². The Morgan fingerprint density at radius 1 is 1.02 bits per heavy atom. The van der Waals surface area contributed by atoms with E-state index >= 15 is 0 Å². The topological polar surface area (TPSA) is 194 Å². The fraction of sp³-hybridized carbons (Fsp3) is 0.800. The molecule has 9 atom stereocenters. The van der Waals surface area contributed by atoms with Crippen LogP contribution in [0.2, 0.25) is 0 Å². The van der Waals surface area contributed by atoms with E-state index in [1.54, 1.807) is 26.0 Å². The maximum Gasteiger partial charge on any atom is 0.330 e. The van der Waals surface area contributed by atoms with E-state index in [2.05, 4.69) is 6.92 Å². The Morgan fingerprint density at radius 3 is 2.31 bits per heavy atom. The summed E-state index contributed by atoms with van der Waals surface area (Å²) in [5, 5.41) is 34.1. The molecular formula is C40H64O14. The molecule has 3 N–H and O–H groups in total. The Kier molecular flexibility index (Phi) is 17.1. The molecule has 54 heavy (non-hydrogen) atoms. The van der Waals surface area contributed by atoms with Crippen molar-refractivity contribution < 1.29 is 67.7 Å². The first kappa shape index (κ1) is 45.5. The van der Waals surface area contributed by atoms with E-state index in [4.69, 9.17) is 33.2 Å². The van der Waals surface area contributed by atoms with Crippen molar-refractivity contribution >= 4 is 23.9 Å². The van der Waals surface area contributed by atoms with Gasteiger partial charge < -0.3 is 48.5 Å². The SMILES string of the molecule is CCCCCCCC(=O)O[C@H]1/C(=C/C(=O)OC)C[C@H]2CC([C@@H](C)O)OC(=O)C[C@H](O)CC(=O)O[C@H](C(C)(C)C)C[C@@H]3CCO[C@H](/C=C/C(C)(C)[C@]1(O)O2)O3. The first-order valence-electron chi connectivity index (χ1n) is 19.4. The van der Waals surface area contributed by atoms with Crippen LogP contribution in [0, 0.1) is 10.8 Å². The van der Waals surface area contributed by atoms with Crippen molar-refractivity contribution in [3.63, 3.8) is 0 Å². The van der Waals surface area contributed by atoms with Crippen molar-refractivity contribution in [3.05, 3.63) is 23.8 Å². The molecule has 0 aromatic carbocycles. The Balaban J connectivity index is 2.08. The lowest BCUT2D eigenvalue weighted by Gasteiger charge is -2.51. The number of esters is 4. The lowest BCUT2D eigenvalue weighted by Crippen LogP contribution is -2.62. The van der Waals surface area contributed by atoms with Crippen LogP contribution >= 0.6 is 0 Å². The third kappa shape index (κ3) is 13.4. The minimum Gasteiger partial charge on any atom is -0.466 e. The molecule has 2 fully saturated rings. The number of ether oxygens (including phenoxy) is 7. The van der Waals surface area contributed by atoms with E-state index in [1.165, 1.54) is 14.0 Å². The summed E-state index contributed by atoms with van der Waals surface area (Å²) in [4.78, 5) is 52.0. The van der Waals surface area contributed by atoms with Crippen LogP contribution in [0.15, 0.2) is 23.8 Å². The van der Waals surface area contributed by atoms with Gasteiger partial charge in [-0.2, -0.15) is 0 Å². The normalized spacial score (nSPS) is 33.5. The molecule has 3 aliphatic heterocycles. The molecule has 0 amide bonds. The summed E-state index contributed by atoms with van der Waals surface area (Å²) in [6, 6.07) is 0. The van der Waals surface area contributed by atoms with Gasteiger partial charge in [0, 0.05) is 30.8 Å². The average molecular weight is 769 g/mol. The van der Waals surface area contributed by atoms with Crippen LogP contribution in [0.5, 0.6) is 0 Å². The Hall–Kier alpha value is -2.88. The van der Waals surface area contributed by atoms with E-state index in [0.29, 0.717) is 25.9 Å². The number of hydrogen-bond donors (Lipinski definition) is 3. The number of methoxy groups -OCH3 is 1. The van der Waals surface area contributed by atoms with Crippen molar-refractivity contribution in [2.45, 2.75) is 180 Å². The van der Waals surface area contributed by atoms with Crippen LogP contribution in [-0.2, 0) is 52.3 Å². The van der Waals surface area contributed by atoms with E-state index in [-0.39, 0.29) is 30.9 Å². The molecule has 0 aromatic heterocycles. The van der Waals surface area contributed by atoms with Crippen LogP contribution in [-0.4, -0.2) is 108 Å². The lowest BCUT2D eigenvalue weighted by molar-refractivity contribution is -0.327. The second-order valence-corrected chi connectivity index (χ2v) is 16.4. The molecule has 0 radical (unpaired) electrons. The minimum absolute atomic E-state index is 0.0631. The number of cyclic esters (lactones) is 2. The summed E-state index contributed by atoms with van der Waals surface area (Å²) < 4.78 is 40.9. The van der Waals surface area contributed by atoms with Gasteiger partial charge in [0.25, 0.3) is 0 Å². The first-order chi connectivity index (χ1) is 25.3. The van der Waals surface area contributed by atoms with Crippen LogP contribution in [0.25, 0.3) is 0 Å². The van der Waals surface area contributed by atoms with Gasteiger partial charge in [0.15, 0.2) is 12.4 Å². The third-order valence-electron chi connectivity index (χ3n) is 10.2. The van der Waals surface area contributed by atoms with Gasteiger partial charge in [0.2, 0.25) is 5.79 Å². The molecular weight excluding hydrogens is 704 g/mol. The van der Waals surface area contributed by atoms with Crippen molar-refractivity contribution in [1.82, 2.24) is 0 Å². The van der Waals surface area contributed by atoms with Gasteiger partial charge in [-0.1, -0.05) is 73.3 Å². The minimum atomic E-state index is -2.31. The Bertz CT molecular complexity index is 1320. The highest BCUT2D eigenvalue weighted by Crippen LogP contribution is 2.47. The molecule has 0 saturated carbocycles. The van der Waals surface area contributed by atoms with Gasteiger partial charge in [0.05, 0.1) is 51.0 Å². The molecule has 2 saturated heterocycles. The molecule has 14 heteroatoms. The fourth-order valence-corrected chi connectivity index (χ4v) is 6.79. The van der Waals surface area contributed by atoms with Crippen molar-refractivity contribution in [1.29, 1.82) is 0 Å². The van der Waals surface area contributed by atoms with Gasteiger partial charge in [-0.25, -0.2) is 4.79 Å². The molecule has 0 aromatic rings. The second-order valence-electron chi connectivity index (χ2n) is 16.4. The first-order valence-corrected chi connectivity index (χ1v) is 19.4. The van der Waals surface area contributed by atoms with Crippen LogP contribution in [0.1, 0.15) is 126 Å². The van der Waals surface area contributed by atoms with Crippen molar-refractivity contribution in [3.8, 4) is 0 Å². The molecule has 3 aliphatic rings. The molecule has 1 unspecified atom stereocenters. The number of hydrogen-bond acceptors (Lipinski definition) is 14. The van der Waals surface area contributed by atoms with Crippen LogP contribution in [0.3, 0.4) is 0 Å². The zero-order valence-electron chi connectivity index (χ0n) is 33.4. The number of unbranched alkanes of at least 4 members (excludes halogenated alkanes) is 4.